The third kappa shape index (κ3) is 4.07. The lowest BCUT2D eigenvalue weighted by molar-refractivity contribution is -0.132. The van der Waals surface area contributed by atoms with Gasteiger partial charge >= 0.3 is 0 Å². The second-order valence-electron chi connectivity index (χ2n) is 8.13. The van der Waals surface area contributed by atoms with E-state index in [2.05, 4.69) is 66.1 Å². The van der Waals surface area contributed by atoms with Gasteiger partial charge in [0.05, 0.1) is 0 Å². The summed E-state index contributed by atoms with van der Waals surface area (Å²) in [5, 5.41) is 0. The van der Waals surface area contributed by atoms with Crippen molar-refractivity contribution in [3.05, 3.63) is 64.7 Å². The zero-order chi connectivity index (χ0) is 19.5. The molecule has 0 bridgehead atoms. The summed E-state index contributed by atoms with van der Waals surface area (Å²) in [5.74, 6) is 0.298. The van der Waals surface area contributed by atoms with Crippen molar-refractivity contribution in [2.45, 2.75) is 33.2 Å². The van der Waals surface area contributed by atoms with Gasteiger partial charge in [-0.05, 0) is 48.6 Å². The van der Waals surface area contributed by atoms with E-state index in [0.717, 1.165) is 52.2 Å². The topological polar surface area (TPSA) is 26.8 Å². The highest BCUT2D eigenvalue weighted by Gasteiger charge is 2.23. The lowest BCUT2D eigenvalue weighted by Crippen LogP contribution is -2.47. The van der Waals surface area contributed by atoms with Crippen LogP contribution in [0, 0.1) is 13.8 Å². The Hall–Kier alpha value is -2.33. The first kappa shape index (κ1) is 19.0. The van der Waals surface area contributed by atoms with E-state index < -0.39 is 0 Å². The number of rotatable bonds is 4. The first-order valence-corrected chi connectivity index (χ1v) is 10.5. The van der Waals surface area contributed by atoms with Crippen LogP contribution in [-0.4, -0.2) is 55.0 Å². The number of hydrogen-bond acceptors (Lipinski definition) is 3. The van der Waals surface area contributed by atoms with Gasteiger partial charge in [0.2, 0.25) is 5.91 Å². The predicted octanol–water partition coefficient (Wildman–Crippen LogP) is 3.40. The Labute approximate surface area is 168 Å². The minimum Gasteiger partial charge on any atom is -0.369 e. The van der Waals surface area contributed by atoms with Crippen molar-refractivity contribution in [2.75, 3.05) is 44.2 Å². The molecule has 148 valence electrons. The van der Waals surface area contributed by atoms with Gasteiger partial charge in [-0.2, -0.15) is 0 Å². The van der Waals surface area contributed by atoms with E-state index in [0.29, 0.717) is 12.3 Å². The van der Waals surface area contributed by atoms with Gasteiger partial charge in [0.15, 0.2) is 0 Å². The van der Waals surface area contributed by atoms with E-state index in [9.17, 15) is 4.79 Å². The molecule has 1 fully saturated rings. The monoisotopic (exact) mass is 377 g/mol. The average molecular weight is 378 g/mol. The van der Waals surface area contributed by atoms with E-state index in [1.54, 1.807) is 0 Å². The molecule has 0 spiro atoms. The fraction of sp³-hybridized carbons (Fsp3) is 0.458. The van der Waals surface area contributed by atoms with Gasteiger partial charge in [0.1, 0.15) is 0 Å². The molecule has 1 saturated heterocycles. The fourth-order valence-corrected chi connectivity index (χ4v) is 4.41. The SMILES string of the molecule is Cc1cccc(N2CCN(CCC(=O)N3CCc4ccccc4C3)CC2)c1C. The molecule has 4 nitrogen and oxygen atoms in total. The summed E-state index contributed by atoms with van der Waals surface area (Å²) in [4.78, 5) is 19.7. The summed E-state index contributed by atoms with van der Waals surface area (Å²) in [6, 6.07) is 15.1. The molecule has 0 saturated carbocycles. The number of piperazine rings is 1. The maximum atomic E-state index is 12.7. The van der Waals surface area contributed by atoms with E-state index in [1.165, 1.54) is 27.9 Å². The number of amides is 1. The summed E-state index contributed by atoms with van der Waals surface area (Å²) in [7, 11) is 0. The first-order valence-electron chi connectivity index (χ1n) is 10.5. The average Bonchev–Trinajstić information content (AvgIpc) is 2.74. The van der Waals surface area contributed by atoms with Crippen LogP contribution in [0.4, 0.5) is 5.69 Å². The second kappa shape index (κ2) is 8.36. The van der Waals surface area contributed by atoms with Gasteiger partial charge in [-0.15, -0.1) is 0 Å². The zero-order valence-electron chi connectivity index (χ0n) is 17.2. The van der Waals surface area contributed by atoms with Gasteiger partial charge in [0, 0.05) is 57.9 Å². The van der Waals surface area contributed by atoms with Crippen LogP contribution in [0.1, 0.15) is 28.7 Å². The highest BCUT2D eigenvalue weighted by atomic mass is 16.2. The highest BCUT2D eigenvalue weighted by molar-refractivity contribution is 5.76. The Kier molecular flexibility index (Phi) is 5.67. The third-order valence-electron chi connectivity index (χ3n) is 6.41. The quantitative estimate of drug-likeness (QED) is 0.817. The van der Waals surface area contributed by atoms with Crippen LogP contribution in [-0.2, 0) is 17.8 Å². The minimum absolute atomic E-state index is 0.298. The number of anilines is 1. The molecule has 1 amide bonds. The highest BCUT2D eigenvalue weighted by Crippen LogP contribution is 2.24. The summed E-state index contributed by atoms with van der Waals surface area (Å²) < 4.78 is 0. The molecule has 2 aromatic carbocycles. The molecule has 2 aliphatic rings. The van der Waals surface area contributed by atoms with Crippen LogP contribution < -0.4 is 4.90 Å². The number of hydrogen-bond donors (Lipinski definition) is 0. The first-order chi connectivity index (χ1) is 13.6. The smallest absolute Gasteiger partial charge is 0.224 e. The number of benzene rings is 2. The number of carbonyl (C=O) groups excluding carboxylic acids is 1. The summed E-state index contributed by atoms with van der Waals surface area (Å²) >= 11 is 0. The molecule has 2 aliphatic heterocycles. The number of nitrogens with zero attached hydrogens (tertiary/aromatic N) is 3. The minimum atomic E-state index is 0.298. The molecule has 0 N–H and O–H groups in total. The molecule has 4 rings (SSSR count). The van der Waals surface area contributed by atoms with E-state index in [4.69, 9.17) is 0 Å². The van der Waals surface area contributed by atoms with Gasteiger partial charge in [-0.3, -0.25) is 9.69 Å². The molecule has 2 aromatic rings. The van der Waals surface area contributed by atoms with Gasteiger partial charge in [0.25, 0.3) is 0 Å². The summed E-state index contributed by atoms with van der Waals surface area (Å²) in [5.41, 5.74) is 6.81. The van der Waals surface area contributed by atoms with Crippen molar-refractivity contribution in [2.24, 2.45) is 0 Å². The third-order valence-corrected chi connectivity index (χ3v) is 6.41. The Morgan fingerprint density at radius 3 is 2.43 bits per heavy atom. The number of aryl methyl sites for hydroxylation is 1. The maximum Gasteiger partial charge on any atom is 0.224 e. The molecular weight excluding hydrogens is 346 g/mol. The molecule has 0 aromatic heterocycles. The number of carbonyl (C=O) groups is 1. The lowest BCUT2D eigenvalue weighted by atomic mass is 10.00. The molecule has 0 radical (unpaired) electrons. The Morgan fingerprint density at radius 2 is 1.64 bits per heavy atom. The van der Waals surface area contributed by atoms with Crippen LogP contribution in [0.5, 0.6) is 0 Å². The van der Waals surface area contributed by atoms with Crippen LogP contribution in [0.2, 0.25) is 0 Å². The normalized spacial score (nSPS) is 17.5. The van der Waals surface area contributed by atoms with Gasteiger partial charge < -0.3 is 9.80 Å². The van der Waals surface area contributed by atoms with Crippen LogP contribution in [0.3, 0.4) is 0 Å². The molecule has 0 unspecified atom stereocenters. The summed E-state index contributed by atoms with van der Waals surface area (Å²) in [6.45, 7) is 11.0. The van der Waals surface area contributed by atoms with Crippen molar-refractivity contribution in [1.29, 1.82) is 0 Å². The standard InChI is InChI=1S/C24H31N3O/c1-19-6-5-9-23(20(19)2)26-16-14-25(15-17-26)12-11-24(28)27-13-10-21-7-3-4-8-22(21)18-27/h3-9H,10-18H2,1-2H3. The van der Waals surface area contributed by atoms with E-state index in [-0.39, 0.29) is 0 Å². The molecule has 4 heteroatoms. The number of fused-ring (bicyclic) bond motifs is 1. The molecule has 2 heterocycles. The predicted molar refractivity (Wildman–Crippen MR) is 115 cm³/mol. The molecule has 28 heavy (non-hydrogen) atoms. The van der Waals surface area contributed by atoms with Gasteiger partial charge in [-0.25, -0.2) is 0 Å². The van der Waals surface area contributed by atoms with Crippen molar-refractivity contribution in [3.8, 4) is 0 Å². The Balaban J connectivity index is 1.26. The Morgan fingerprint density at radius 1 is 0.893 bits per heavy atom. The fourth-order valence-electron chi connectivity index (χ4n) is 4.41. The summed E-state index contributed by atoms with van der Waals surface area (Å²) in [6.07, 6.45) is 1.61. The second-order valence-corrected chi connectivity index (χ2v) is 8.13. The molecular formula is C24H31N3O. The van der Waals surface area contributed by atoms with Gasteiger partial charge in [-0.1, -0.05) is 36.4 Å². The molecule has 0 aliphatic carbocycles. The van der Waals surface area contributed by atoms with Crippen molar-refractivity contribution < 1.29 is 4.79 Å². The van der Waals surface area contributed by atoms with Crippen molar-refractivity contribution >= 4 is 11.6 Å². The zero-order valence-corrected chi connectivity index (χ0v) is 17.2. The largest absolute Gasteiger partial charge is 0.369 e. The van der Waals surface area contributed by atoms with Crippen molar-refractivity contribution in [1.82, 2.24) is 9.80 Å². The van der Waals surface area contributed by atoms with Crippen LogP contribution in [0.25, 0.3) is 0 Å². The molecule has 0 atom stereocenters. The lowest BCUT2D eigenvalue weighted by Gasteiger charge is -2.37. The van der Waals surface area contributed by atoms with Crippen molar-refractivity contribution in [3.63, 3.8) is 0 Å². The Bertz CT molecular complexity index is 839. The van der Waals surface area contributed by atoms with E-state index >= 15 is 0 Å². The van der Waals surface area contributed by atoms with E-state index in [1.807, 2.05) is 4.90 Å². The van der Waals surface area contributed by atoms with Crippen LogP contribution in [0.15, 0.2) is 42.5 Å². The maximum absolute atomic E-state index is 12.7. The van der Waals surface area contributed by atoms with Crippen LogP contribution >= 0.6 is 0 Å².